The van der Waals surface area contributed by atoms with E-state index in [1.54, 1.807) is 0 Å². The quantitative estimate of drug-likeness (QED) is 0.875. The van der Waals surface area contributed by atoms with Crippen molar-refractivity contribution in [3.8, 4) is 11.3 Å². The van der Waals surface area contributed by atoms with E-state index in [0.29, 0.717) is 29.9 Å². The van der Waals surface area contributed by atoms with Gasteiger partial charge in [-0.05, 0) is 62.7 Å². The summed E-state index contributed by atoms with van der Waals surface area (Å²) in [5, 5.41) is 7.45. The Balaban J connectivity index is 1.41. The Bertz CT molecular complexity index is 786. The molecule has 1 aliphatic heterocycles. The molecule has 0 amide bonds. The first-order valence-electron chi connectivity index (χ1n) is 9.46. The number of aromatic nitrogens is 1. The van der Waals surface area contributed by atoms with Gasteiger partial charge in [-0.25, -0.2) is 8.78 Å². The molecule has 4 nitrogen and oxygen atoms in total. The molecule has 3 aliphatic rings. The van der Waals surface area contributed by atoms with E-state index in [4.69, 9.17) is 9.26 Å². The van der Waals surface area contributed by atoms with Crippen molar-refractivity contribution in [2.45, 2.75) is 44.3 Å². The highest BCUT2D eigenvalue weighted by Crippen LogP contribution is 2.45. The molecule has 1 aromatic carbocycles. The molecule has 2 aliphatic carbocycles. The fourth-order valence-corrected chi connectivity index (χ4v) is 4.50. The van der Waals surface area contributed by atoms with Crippen LogP contribution < -0.4 is 5.32 Å². The van der Waals surface area contributed by atoms with E-state index in [9.17, 15) is 8.78 Å². The maximum Gasteiger partial charge on any atom is 0.145 e. The number of ether oxygens (including phenoxy) is 1. The SMILES string of the molecule is Fc1cccc(F)c1-c1noc(C2CC2)c1COC1CC2CNCC2C1. The second-order valence-electron chi connectivity index (χ2n) is 7.83. The van der Waals surface area contributed by atoms with Crippen LogP contribution in [0, 0.1) is 23.5 Å². The van der Waals surface area contributed by atoms with Crippen molar-refractivity contribution < 1.29 is 18.0 Å². The van der Waals surface area contributed by atoms with Gasteiger partial charge >= 0.3 is 0 Å². The summed E-state index contributed by atoms with van der Waals surface area (Å²) < 4.78 is 40.2. The third-order valence-corrected chi connectivity index (χ3v) is 6.04. The Morgan fingerprint density at radius 1 is 1.12 bits per heavy atom. The molecule has 2 saturated carbocycles. The first kappa shape index (κ1) is 16.4. The summed E-state index contributed by atoms with van der Waals surface area (Å²) >= 11 is 0. The molecule has 2 unspecified atom stereocenters. The van der Waals surface area contributed by atoms with Crippen LogP contribution in [0.2, 0.25) is 0 Å². The van der Waals surface area contributed by atoms with E-state index < -0.39 is 11.6 Å². The molecule has 1 N–H and O–H groups in total. The highest BCUT2D eigenvalue weighted by molar-refractivity contribution is 5.65. The Hall–Kier alpha value is -1.79. The predicted molar refractivity (Wildman–Crippen MR) is 91.5 cm³/mol. The Morgan fingerprint density at radius 2 is 1.81 bits per heavy atom. The molecular weight excluding hydrogens is 338 g/mol. The molecule has 1 aromatic heterocycles. The zero-order valence-electron chi connectivity index (χ0n) is 14.5. The molecule has 26 heavy (non-hydrogen) atoms. The monoisotopic (exact) mass is 360 g/mol. The number of nitrogens with one attached hydrogen (secondary N) is 1. The van der Waals surface area contributed by atoms with Crippen molar-refractivity contribution in [2.24, 2.45) is 11.8 Å². The van der Waals surface area contributed by atoms with E-state index in [2.05, 4.69) is 10.5 Å². The first-order valence-corrected chi connectivity index (χ1v) is 9.46. The molecule has 138 valence electrons. The number of fused-ring (bicyclic) bond motifs is 1. The fourth-order valence-electron chi connectivity index (χ4n) is 4.50. The lowest BCUT2D eigenvalue weighted by Gasteiger charge is -2.14. The van der Waals surface area contributed by atoms with Crippen LogP contribution >= 0.6 is 0 Å². The topological polar surface area (TPSA) is 47.3 Å². The summed E-state index contributed by atoms with van der Waals surface area (Å²) in [6.07, 6.45) is 4.35. The smallest absolute Gasteiger partial charge is 0.145 e. The molecular formula is C20H22F2N2O2. The fraction of sp³-hybridized carbons (Fsp3) is 0.550. The summed E-state index contributed by atoms with van der Waals surface area (Å²) in [6, 6.07) is 3.86. The average molecular weight is 360 g/mol. The van der Waals surface area contributed by atoms with Crippen LogP contribution in [-0.4, -0.2) is 24.4 Å². The van der Waals surface area contributed by atoms with Gasteiger partial charge in [-0.1, -0.05) is 11.2 Å². The zero-order chi connectivity index (χ0) is 17.7. The standard InChI is InChI=1S/C20H22F2N2O2/c21-16-2-1-3-17(22)18(16)19-15(20(26-24-19)11-4-5-11)10-25-14-6-12-8-23-9-13(12)7-14/h1-3,11-14,23H,4-10H2. The molecule has 2 heterocycles. The van der Waals surface area contributed by atoms with Gasteiger partial charge in [0.15, 0.2) is 0 Å². The van der Waals surface area contributed by atoms with E-state index in [-0.39, 0.29) is 17.4 Å². The number of benzene rings is 1. The molecule has 2 aromatic rings. The number of halogens is 2. The summed E-state index contributed by atoms with van der Waals surface area (Å²) in [7, 11) is 0. The lowest BCUT2D eigenvalue weighted by molar-refractivity contribution is 0.0398. The first-order chi connectivity index (χ1) is 12.7. The Morgan fingerprint density at radius 3 is 2.46 bits per heavy atom. The summed E-state index contributed by atoms with van der Waals surface area (Å²) in [5.74, 6) is 1.17. The van der Waals surface area contributed by atoms with Crippen molar-refractivity contribution in [1.82, 2.24) is 10.5 Å². The summed E-state index contributed by atoms with van der Waals surface area (Å²) in [4.78, 5) is 0. The summed E-state index contributed by atoms with van der Waals surface area (Å²) in [5.41, 5.74) is 0.850. The van der Waals surface area contributed by atoms with Crippen molar-refractivity contribution in [2.75, 3.05) is 13.1 Å². The van der Waals surface area contributed by atoms with E-state index in [0.717, 1.165) is 44.5 Å². The second-order valence-corrected chi connectivity index (χ2v) is 7.83. The van der Waals surface area contributed by atoms with Crippen LogP contribution in [0.4, 0.5) is 8.78 Å². The Labute approximate surface area is 150 Å². The van der Waals surface area contributed by atoms with Crippen LogP contribution in [0.1, 0.15) is 42.9 Å². The predicted octanol–water partition coefficient (Wildman–Crippen LogP) is 4.01. The van der Waals surface area contributed by atoms with Crippen molar-refractivity contribution in [1.29, 1.82) is 0 Å². The molecule has 2 atom stereocenters. The van der Waals surface area contributed by atoms with Gasteiger partial charge in [0.25, 0.3) is 0 Å². The van der Waals surface area contributed by atoms with Gasteiger partial charge in [0.1, 0.15) is 23.1 Å². The van der Waals surface area contributed by atoms with Gasteiger partial charge in [-0.3, -0.25) is 0 Å². The van der Waals surface area contributed by atoms with Gasteiger partial charge in [0, 0.05) is 11.5 Å². The van der Waals surface area contributed by atoms with Crippen LogP contribution in [0.25, 0.3) is 11.3 Å². The number of hydrogen-bond acceptors (Lipinski definition) is 4. The molecule has 0 bridgehead atoms. The largest absolute Gasteiger partial charge is 0.373 e. The van der Waals surface area contributed by atoms with Gasteiger partial charge < -0.3 is 14.6 Å². The third kappa shape index (κ3) is 2.85. The third-order valence-electron chi connectivity index (χ3n) is 6.04. The lowest BCUT2D eigenvalue weighted by atomic mass is 10.0. The average Bonchev–Trinajstić information content (AvgIpc) is 3.04. The number of nitrogens with zero attached hydrogens (tertiary/aromatic N) is 1. The van der Waals surface area contributed by atoms with E-state index in [1.165, 1.54) is 18.2 Å². The minimum Gasteiger partial charge on any atom is -0.373 e. The van der Waals surface area contributed by atoms with Crippen molar-refractivity contribution in [3.63, 3.8) is 0 Å². The zero-order valence-corrected chi connectivity index (χ0v) is 14.5. The van der Waals surface area contributed by atoms with Crippen molar-refractivity contribution >= 4 is 0 Å². The van der Waals surface area contributed by atoms with E-state index >= 15 is 0 Å². The van der Waals surface area contributed by atoms with Crippen LogP contribution in [0.5, 0.6) is 0 Å². The van der Waals surface area contributed by atoms with Crippen LogP contribution in [0.3, 0.4) is 0 Å². The van der Waals surface area contributed by atoms with Gasteiger partial charge in [0.2, 0.25) is 0 Å². The van der Waals surface area contributed by atoms with E-state index in [1.807, 2.05) is 0 Å². The molecule has 1 saturated heterocycles. The van der Waals surface area contributed by atoms with Gasteiger partial charge in [-0.15, -0.1) is 0 Å². The highest BCUT2D eigenvalue weighted by atomic mass is 19.1. The molecule has 3 fully saturated rings. The molecule has 0 spiro atoms. The highest BCUT2D eigenvalue weighted by Gasteiger charge is 2.39. The van der Waals surface area contributed by atoms with Crippen LogP contribution in [-0.2, 0) is 11.3 Å². The normalized spacial score (nSPS) is 27.8. The number of rotatable bonds is 5. The summed E-state index contributed by atoms with van der Waals surface area (Å²) in [6.45, 7) is 2.43. The molecule has 5 rings (SSSR count). The molecule has 0 radical (unpaired) electrons. The number of hydrogen-bond donors (Lipinski definition) is 1. The maximum atomic E-state index is 14.3. The van der Waals surface area contributed by atoms with Gasteiger partial charge in [-0.2, -0.15) is 0 Å². The second kappa shape index (κ2) is 6.43. The Kier molecular flexibility index (Phi) is 4.05. The van der Waals surface area contributed by atoms with Crippen molar-refractivity contribution in [3.05, 3.63) is 41.2 Å². The molecule has 6 heteroatoms. The van der Waals surface area contributed by atoms with Gasteiger partial charge in [0.05, 0.1) is 18.3 Å². The minimum atomic E-state index is -0.622. The maximum absolute atomic E-state index is 14.3. The lowest BCUT2D eigenvalue weighted by Crippen LogP contribution is -2.16. The minimum absolute atomic E-state index is 0.116. The van der Waals surface area contributed by atoms with Crippen LogP contribution in [0.15, 0.2) is 22.7 Å².